The topological polar surface area (TPSA) is 41.6 Å². The maximum absolute atomic E-state index is 12.1. The van der Waals surface area contributed by atoms with E-state index in [-0.39, 0.29) is 18.5 Å². The lowest BCUT2D eigenvalue weighted by Gasteiger charge is -2.31. The fraction of sp³-hybridized carbons (Fsp3) is 0.350. The van der Waals surface area contributed by atoms with E-state index in [2.05, 4.69) is 29.6 Å². The SMILES string of the molecule is Cl.O=C(OCc1ccccc1)N1CCC(NCc2ccccc2)CC1. The van der Waals surface area contributed by atoms with Gasteiger partial charge in [0.15, 0.2) is 0 Å². The van der Waals surface area contributed by atoms with Crippen LogP contribution in [0.4, 0.5) is 4.79 Å². The standard InChI is InChI=1S/C20H24N2O2.ClH/c23-20(24-16-18-9-5-2-6-10-18)22-13-11-19(12-14-22)21-15-17-7-3-1-4-8-17;/h1-10,19,21H,11-16H2;1H. The maximum Gasteiger partial charge on any atom is 0.410 e. The number of hydrogen-bond acceptors (Lipinski definition) is 3. The lowest BCUT2D eigenvalue weighted by atomic mass is 10.0. The molecule has 1 aliphatic rings. The molecule has 0 atom stereocenters. The monoisotopic (exact) mass is 360 g/mol. The smallest absolute Gasteiger partial charge is 0.410 e. The van der Waals surface area contributed by atoms with Crippen molar-refractivity contribution in [3.63, 3.8) is 0 Å². The van der Waals surface area contributed by atoms with Crippen LogP contribution in [0.1, 0.15) is 24.0 Å². The van der Waals surface area contributed by atoms with Gasteiger partial charge in [0.25, 0.3) is 0 Å². The van der Waals surface area contributed by atoms with E-state index in [0.717, 1.165) is 38.0 Å². The van der Waals surface area contributed by atoms with Gasteiger partial charge in [-0.2, -0.15) is 0 Å². The minimum atomic E-state index is -0.208. The summed E-state index contributed by atoms with van der Waals surface area (Å²) in [6.45, 7) is 2.72. The molecule has 2 aromatic rings. The van der Waals surface area contributed by atoms with E-state index in [0.29, 0.717) is 12.6 Å². The predicted molar refractivity (Wildman–Crippen MR) is 102 cm³/mol. The van der Waals surface area contributed by atoms with Crippen LogP contribution in [-0.2, 0) is 17.9 Å². The van der Waals surface area contributed by atoms with Crippen LogP contribution in [0, 0.1) is 0 Å². The van der Waals surface area contributed by atoms with E-state index >= 15 is 0 Å². The third-order valence-electron chi connectivity index (χ3n) is 4.40. The molecule has 0 aliphatic carbocycles. The second kappa shape index (κ2) is 10.1. The zero-order chi connectivity index (χ0) is 16.6. The molecular formula is C20H25ClN2O2. The Morgan fingerprint density at radius 2 is 1.52 bits per heavy atom. The van der Waals surface area contributed by atoms with Gasteiger partial charge in [0.1, 0.15) is 6.61 Å². The van der Waals surface area contributed by atoms with Gasteiger partial charge >= 0.3 is 6.09 Å². The number of likely N-dealkylation sites (tertiary alicyclic amines) is 1. The van der Waals surface area contributed by atoms with Gasteiger partial charge in [0.05, 0.1) is 0 Å². The Bertz CT molecular complexity index is 629. The zero-order valence-electron chi connectivity index (χ0n) is 14.3. The number of carbonyl (C=O) groups excluding carboxylic acids is 1. The van der Waals surface area contributed by atoms with Crippen molar-refractivity contribution < 1.29 is 9.53 Å². The molecule has 5 heteroatoms. The fourth-order valence-electron chi connectivity index (χ4n) is 2.93. The highest BCUT2D eigenvalue weighted by atomic mass is 35.5. The number of benzene rings is 2. The first-order valence-electron chi connectivity index (χ1n) is 8.54. The fourth-order valence-corrected chi connectivity index (χ4v) is 2.93. The molecule has 3 rings (SSSR count). The molecule has 1 amide bonds. The molecule has 25 heavy (non-hydrogen) atoms. The average molecular weight is 361 g/mol. The Balaban J connectivity index is 0.00000225. The summed E-state index contributed by atoms with van der Waals surface area (Å²) in [4.78, 5) is 13.9. The summed E-state index contributed by atoms with van der Waals surface area (Å²) < 4.78 is 5.40. The third kappa shape index (κ3) is 6.07. The molecule has 1 fully saturated rings. The van der Waals surface area contributed by atoms with Crippen molar-refractivity contribution in [2.24, 2.45) is 0 Å². The number of halogens is 1. The lowest BCUT2D eigenvalue weighted by Crippen LogP contribution is -2.44. The van der Waals surface area contributed by atoms with Crippen LogP contribution >= 0.6 is 12.4 Å². The molecular weight excluding hydrogens is 336 g/mol. The van der Waals surface area contributed by atoms with Gasteiger partial charge in [-0.3, -0.25) is 0 Å². The van der Waals surface area contributed by atoms with E-state index in [1.54, 1.807) is 0 Å². The van der Waals surface area contributed by atoms with Crippen molar-refractivity contribution >= 4 is 18.5 Å². The summed E-state index contributed by atoms with van der Waals surface area (Å²) in [6.07, 6.45) is 1.72. The van der Waals surface area contributed by atoms with Gasteiger partial charge in [0, 0.05) is 25.7 Å². The minimum Gasteiger partial charge on any atom is -0.445 e. The highest BCUT2D eigenvalue weighted by molar-refractivity contribution is 5.85. The van der Waals surface area contributed by atoms with Gasteiger partial charge in [0.2, 0.25) is 0 Å². The van der Waals surface area contributed by atoms with E-state index in [1.165, 1.54) is 5.56 Å². The van der Waals surface area contributed by atoms with Crippen molar-refractivity contribution in [3.05, 3.63) is 71.8 Å². The van der Waals surface area contributed by atoms with Gasteiger partial charge in [-0.1, -0.05) is 60.7 Å². The van der Waals surface area contributed by atoms with Crippen molar-refractivity contribution in [1.82, 2.24) is 10.2 Å². The van der Waals surface area contributed by atoms with Gasteiger partial charge in [-0.25, -0.2) is 4.79 Å². The summed E-state index contributed by atoms with van der Waals surface area (Å²) >= 11 is 0. The summed E-state index contributed by atoms with van der Waals surface area (Å²) in [7, 11) is 0. The van der Waals surface area contributed by atoms with Crippen molar-refractivity contribution in [2.45, 2.75) is 32.0 Å². The van der Waals surface area contributed by atoms with Crippen LogP contribution in [0.5, 0.6) is 0 Å². The Hall–Kier alpha value is -2.04. The average Bonchev–Trinajstić information content (AvgIpc) is 2.66. The van der Waals surface area contributed by atoms with Crippen LogP contribution in [0.15, 0.2) is 60.7 Å². The molecule has 1 saturated heterocycles. The Morgan fingerprint density at radius 1 is 0.960 bits per heavy atom. The van der Waals surface area contributed by atoms with E-state index in [1.807, 2.05) is 41.3 Å². The molecule has 0 spiro atoms. The van der Waals surface area contributed by atoms with Gasteiger partial charge in [-0.15, -0.1) is 12.4 Å². The Labute approximate surface area is 155 Å². The molecule has 2 aromatic carbocycles. The molecule has 1 N–H and O–H groups in total. The number of carbonyl (C=O) groups is 1. The first-order valence-corrected chi connectivity index (χ1v) is 8.54. The Kier molecular flexibility index (Phi) is 7.76. The quantitative estimate of drug-likeness (QED) is 0.876. The normalized spacial score (nSPS) is 14.6. The Morgan fingerprint density at radius 3 is 2.12 bits per heavy atom. The van der Waals surface area contributed by atoms with Crippen LogP contribution in [0.2, 0.25) is 0 Å². The molecule has 134 valence electrons. The molecule has 0 unspecified atom stereocenters. The van der Waals surface area contributed by atoms with Crippen LogP contribution in [-0.4, -0.2) is 30.1 Å². The third-order valence-corrected chi connectivity index (χ3v) is 4.40. The van der Waals surface area contributed by atoms with Gasteiger partial charge < -0.3 is 15.0 Å². The highest BCUT2D eigenvalue weighted by Crippen LogP contribution is 2.13. The van der Waals surface area contributed by atoms with E-state index < -0.39 is 0 Å². The van der Waals surface area contributed by atoms with Gasteiger partial charge in [-0.05, 0) is 24.0 Å². The van der Waals surface area contributed by atoms with E-state index in [9.17, 15) is 4.79 Å². The highest BCUT2D eigenvalue weighted by Gasteiger charge is 2.23. The summed E-state index contributed by atoms with van der Waals surface area (Å²) in [6, 6.07) is 20.7. The van der Waals surface area contributed by atoms with Crippen molar-refractivity contribution in [2.75, 3.05) is 13.1 Å². The number of piperidine rings is 1. The van der Waals surface area contributed by atoms with Crippen molar-refractivity contribution in [3.8, 4) is 0 Å². The lowest BCUT2D eigenvalue weighted by molar-refractivity contribution is 0.0852. The molecule has 4 nitrogen and oxygen atoms in total. The first-order chi connectivity index (χ1) is 11.8. The zero-order valence-corrected chi connectivity index (χ0v) is 15.1. The number of rotatable bonds is 5. The first kappa shape index (κ1) is 19.3. The van der Waals surface area contributed by atoms with Crippen LogP contribution in [0.25, 0.3) is 0 Å². The number of nitrogens with zero attached hydrogens (tertiary/aromatic N) is 1. The molecule has 0 aromatic heterocycles. The summed E-state index contributed by atoms with van der Waals surface area (Å²) in [5, 5.41) is 3.58. The predicted octanol–water partition coefficient (Wildman–Crippen LogP) is 4.00. The second-order valence-corrected chi connectivity index (χ2v) is 6.17. The number of hydrogen-bond donors (Lipinski definition) is 1. The second-order valence-electron chi connectivity index (χ2n) is 6.17. The molecule has 0 radical (unpaired) electrons. The van der Waals surface area contributed by atoms with E-state index in [4.69, 9.17) is 4.74 Å². The maximum atomic E-state index is 12.1. The minimum absolute atomic E-state index is 0. The van der Waals surface area contributed by atoms with Crippen LogP contribution < -0.4 is 5.32 Å². The summed E-state index contributed by atoms with van der Waals surface area (Å²) in [5.41, 5.74) is 2.31. The molecule has 1 heterocycles. The molecule has 1 aliphatic heterocycles. The molecule has 0 bridgehead atoms. The summed E-state index contributed by atoms with van der Waals surface area (Å²) in [5.74, 6) is 0. The number of amides is 1. The number of ether oxygens (including phenoxy) is 1. The van der Waals surface area contributed by atoms with Crippen LogP contribution in [0.3, 0.4) is 0 Å². The number of nitrogens with one attached hydrogen (secondary N) is 1. The van der Waals surface area contributed by atoms with Crippen molar-refractivity contribution in [1.29, 1.82) is 0 Å². The molecule has 0 saturated carbocycles. The largest absolute Gasteiger partial charge is 0.445 e.